The lowest BCUT2D eigenvalue weighted by Crippen LogP contribution is -2.60. The van der Waals surface area contributed by atoms with Gasteiger partial charge in [-0.15, -0.1) is 0 Å². The molecule has 0 bridgehead atoms. The van der Waals surface area contributed by atoms with Crippen LogP contribution in [0.15, 0.2) is 73.2 Å². The molecule has 1 heterocycles. The van der Waals surface area contributed by atoms with Crippen molar-refractivity contribution in [2.24, 2.45) is 11.6 Å². The normalized spacial score (nSPS) is 12.4. The highest BCUT2D eigenvalue weighted by atomic mass is 16.5. The molecular weight excluding hydrogens is 436 g/mol. The average Bonchev–Trinajstić information content (AvgIpc) is 3.37. The lowest BCUT2D eigenvalue weighted by Gasteiger charge is -2.33. The SMILES string of the molecule is COC(=O)[C@H](Cc1c[nH]cn1)N(C(=O)[C@@H](N)Cc1ccccc1)C(=O)N(N)Cc1ccccc1. The summed E-state index contributed by atoms with van der Waals surface area (Å²) < 4.78 is 4.92. The highest BCUT2D eigenvalue weighted by molar-refractivity contribution is 6.01. The Labute approximate surface area is 197 Å². The second kappa shape index (κ2) is 11.7. The molecule has 3 rings (SSSR count). The van der Waals surface area contributed by atoms with Crippen LogP contribution in [0.2, 0.25) is 0 Å². The molecule has 0 fully saturated rings. The van der Waals surface area contributed by atoms with Crippen LogP contribution in [0.5, 0.6) is 0 Å². The third-order valence-corrected chi connectivity index (χ3v) is 5.24. The van der Waals surface area contributed by atoms with Crippen molar-refractivity contribution >= 4 is 17.9 Å². The third-order valence-electron chi connectivity index (χ3n) is 5.24. The van der Waals surface area contributed by atoms with E-state index in [4.69, 9.17) is 16.3 Å². The maximum Gasteiger partial charge on any atom is 0.342 e. The number of carbonyl (C=O) groups excluding carboxylic acids is 3. The van der Waals surface area contributed by atoms with Crippen molar-refractivity contribution in [3.05, 3.63) is 90.0 Å². The number of ether oxygens (including phenoxy) is 1. The summed E-state index contributed by atoms with van der Waals surface area (Å²) in [4.78, 5) is 47.4. The second-order valence-electron chi connectivity index (χ2n) is 7.70. The second-order valence-corrected chi connectivity index (χ2v) is 7.70. The Bertz CT molecular complexity index is 1020. The maximum atomic E-state index is 13.5. The molecule has 10 heteroatoms. The fraction of sp³-hybridized carbons (Fsp3) is 0.250. The van der Waals surface area contributed by atoms with Crippen LogP contribution in [0.4, 0.5) is 4.79 Å². The lowest BCUT2D eigenvalue weighted by molar-refractivity contribution is -0.151. The van der Waals surface area contributed by atoms with Crippen molar-refractivity contribution in [1.82, 2.24) is 19.9 Å². The number of imidazole rings is 1. The van der Waals surface area contributed by atoms with Gasteiger partial charge in [0.2, 0.25) is 5.91 Å². The van der Waals surface area contributed by atoms with Crippen LogP contribution in [0.1, 0.15) is 16.8 Å². The molecule has 2 aromatic carbocycles. The molecule has 0 aliphatic rings. The summed E-state index contributed by atoms with van der Waals surface area (Å²) in [5.74, 6) is 4.53. The number of aromatic nitrogens is 2. The van der Waals surface area contributed by atoms with E-state index in [-0.39, 0.29) is 19.4 Å². The Balaban J connectivity index is 1.91. The van der Waals surface area contributed by atoms with Crippen molar-refractivity contribution in [3.8, 4) is 0 Å². The summed E-state index contributed by atoms with van der Waals surface area (Å²) in [6.07, 6.45) is 3.11. The molecule has 3 amide bonds. The number of rotatable bonds is 9. The summed E-state index contributed by atoms with van der Waals surface area (Å²) in [6.45, 7) is 0.0215. The molecule has 0 spiro atoms. The number of methoxy groups -OCH3 is 1. The highest BCUT2D eigenvalue weighted by Crippen LogP contribution is 2.16. The number of nitrogens with zero attached hydrogens (tertiary/aromatic N) is 3. The number of aromatic amines is 1. The fourth-order valence-corrected chi connectivity index (χ4v) is 3.52. The molecular formula is C24H28N6O4. The van der Waals surface area contributed by atoms with E-state index >= 15 is 0 Å². The largest absolute Gasteiger partial charge is 0.467 e. The molecule has 0 aliphatic carbocycles. The molecule has 0 saturated heterocycles. The third kappa shape index (κ3) is 6.27. The standard InChI is InChI=1S/C24H28N6O4/c1-34-23(32)21(13-19-14-27-16-28-19)30(22(31)20(25)12-17-8-4-2-5-9-17)24(33)29(26)15-18-10-6-3-7-11-18/h2-11,14,16,20-21H,12-13,15,25-26H2,1H3,(H,27,28)/t20-,21-/m0/s1. The molecule has 0 unspecified atom stereocenters. The minimum Gasteiger partial charge on any atom is -0.467 e. The summed E-state index contributed by atoms with van der Waals surface area (Å²) in [7, 11) is 1.18. The summed E-state index contributed by atoms with van der Waals surface area (Å²) in [6, 6.07) is 14.9. The van der Waals surface area contributed by atoms with E-state index in [9.17, 15) is 14.4 Å². The van der Waals surface area contributed by atoms with Crippen molar-refractivity contribution in [2.45, 2.75) is 31.5 Å². The number of nitrogens with two attached hydrogens (primary N) is 2. The number of amides is 3. The van der Waals surface area contributed by atoms with Gasteiger partial charge in [-0.25, -0.2) is 25.3 Å². The first kappa shape index (κ1) is 24.6. The Morgan fingerprint density at radius 3 is 2.18 bits per heavy atom. The van der Waals surface area contributed by atoms with E-state index < -0.39 is 30.0 Å². The van der Waals surface area contributed by atoms with Crippen molar-refractivity contribution in [3.63, 3.8) is 0 Å². The number of hydrogen-bond acceptors (Lipinski definition) is 7. The Hall–Kier alpha value is -4.02. The summed E-state index contributed by atoms with van der Waals surface area (Å²) in [5.41, 5.74) is 8.24. The van der Waals surface area contributed by atoms with E-state index in [1.165, 1.54) is 13.4 Å². The zero-order valence-electron chi connectivity index (χ0n) is 18.8. The number of urea groups is 1. The Kier molecular flexibility index (Phi) is 8.49. The quantitative estimate of drug-likeness (QED) is 0.188. The minimum atomic E-state index is -1.31. The lowest BCUT2D eigenvalue weighted by atomic mass is 10.0. The smallest absolute Gasteiger partial charge is 0.342 e. The van der Waals surface area contributed by atoms with Gasteiger partial charge in [-0.2, -0.15) is 0 Å². The van der Waals surface area contributed by atoms with Gasteiger partial charge in [0.1, 0.15) is 6.04 Å². The van der Waals surface area contributed by atoms with E-state index in [2.05, 4.69) is 9.97 Å². The van der Waals surface area contributed by atoms with Crippen LogP contribution >= 0.6 is 0 Å². The first-order chi connectivity index (χ1) is 16.4. The van der Waals surface area contributed by atoms with Crippen molar-refractivity contribution in [1.29, 1.82) is 0 Å². The van der Waals surface area contributed by atoms with Gasteiger partial charge in [0.15, 0.2) is 0 Å². The predicted molar refractivity (Wildman–Crippen MR) is 125 cm³/mol. The first-order valence-electron chi connectivity index (χ1n) is 10.7. The van der Waals surface area contributed by atoms with Crippen molar-refractivity contribution in [2.75, 3.05) is 7.11 Å². The van der Waals surface area contributed by atoms with Gasteiger partial charge in [-0.05, 0) is 17.5 Å². The van der Waals surface area contributed by atoms with Crippen LogP contribution < -0.4 is 11.6 Å². The van der Waals surface area contributed by atoms with E-state index in [0.29, 0.717) is 5.69 Å². The van der Waals surface area contributed by atoms with Crippen LogP contribution in [0, 0.1) is 0 Å². The maximum absolute atomic E-state index is 13.5. The monoisotopic (exact) mass is 464 g/mol. The number of H-pyrrole nitrogens is 1. The molecule has 5 N–H and O–H groups in total. The molecule has 0 radical (unpaired) electrons. The molecule has 34 heavy (non-hydrogen) atoms. The number of hydrazine groups is 1. The first-order valence-corrected chi connectivity index (χ1v) is 10.7. The van der Waals surface area contributed by atoms with Gasteiger partial charge in [-0.1, -0.05) is 60.7 Å². The molecule has 178 valence electrons. The Morgan fingerprint density at radius 2 is 1.62 bits per heavy atom. The molecule has 3 aromatic rings. The fourth-order valence-electron chi connectivity index (χ4n) is 3.52. The predicted octanol–water partition coefficient (Wildman–Crippen LogP) is 1.39. The zero-order valence-corrected chi connectivity index (χ0v) is 18.8. The Morgan fingerprint density at radius 1 is 1.00 bits per heavy atom. The number of nitrogens with one attached hydrogen (secondary N) is 1. The number of esters is 1. The molecule has 0 aliphatic heterocycles. The molecule has 10 nitrogen and oxygen atoms in total. The van der Waals surface area contributed by atoms with E-state index in [1.807, 2.05) is 36.4 Å². The molecule has 0 saturated carbocycles. The number of imide groups is 1. The summed E-state index contributed by atoms with van der Waals surface area (Å²) in [5, 5.41) is 0.878. The molecule has 2 atom stereocenters. The topological polar surface area (TPSA) is 148 Å². The number of benzene rings is 2. The van der Waals surface area contributed by atoms with E-state index in [1.54, 1.807) is 30.5 Å². The van der Waals surface area contributed by atoms with Gasteiger partial charge >= 0.3 is 12.0 Å². The average molecular weight is 465 g/mol. The van der Waals surface area contributed by atoms with Crippen LogP contribution in [0.3, 0.4) is 0 Å². The highest BCUT2D eigenvalue weighted by Gasteiger charge is 2.40. The van der Waals surface area contributed by atoms with E-state index in [0.717, 1.165) is 21.0 Å². The van der Waals surface area contributed by atoms with Gasteiger partial charge in [-0.3, -0.25) is 9.80 Å². The van der Waals surface area contributed by atoms with Gasteiger partial charge in [0, 0.05) is 12.6 Å². The zero-order chi connectivity index (χ0) is 24.5. The van der Waals surface area contributed by atoms with Crippen LogP contribution in [-0.2, 0) is 33.7 Å². The summed E-state index contributed by atoms with van der Waals surface area (Å²) >= 11 is 0. The number of hydrogen-bond donors (Lipinski definition) is 3. The van der Waals surface area contributed by atoms with Crippen molar-refractivity contribution < 1.29 is 19.1 Å². The minimum absolute atomic E-state index is 0.0215. The van der Waals surface area contributed by atoms with Gasteiger partial charge in [0.05, 0.1) is 31.7 Å². The van der Waals surface area contributed by atoms with Crippen LogP contribution in [0.25, 0.3) is 0 Å². The van der Waals surface area contributed by atoms with Gasteiger partial charge in [0.25, 0.3) is 0 Å². The van der Waals surface area contributed by atoms with Gasteiger partial charge < -0.3 is 15.5 Å². The van der Waals surface area contributed by atoms with Crippen LogP contribution in [-0.4, -0.2) is 57.0 Å². The molecule has 1 aromatic heterocycles. The number of carbonyl (C=O) groups is 3.